The van der Waals surface area contributed by atoms with Crippen LogP contribution in [0.25, 0.3) is 0 Å². The van der Waals surface area contributed by atoms with Gasteiger partial charge in [0.2, 0.25) is 5.78 Å². The van der Waals surface area contributed by atoms with E-state index in [1.807, 2.05) is 37.4 Å². The molecule has 0 aliphatic rings. The van der Waals surface area contributed by atoms with Gasteiger partial charge in [-0.1, -0.05) is 47.8 Å². The van der Waals surface area contributed by atoms with Gasteiger partial charge in [0, 0.05) is 28.7 Å². The number of carbonyl (C=O) groups excluding carboxylic acids is 1. The van der Waals surface area contributed by atoms with E-state index in [2.05, 4.69) is 34.3 Å². The number of hydrogen-bond acceptors (Lipinski definition) is 6. The van der Waals surface area contributed by atoms with Crippen molar-refractivity contribution in [3.8, 4) is 11.5 Å². The van der Waals surface area contributed by atoms with Crippen molar-refractivity contribution in [3.05, 3.63) is 82.9 Å². The van der Waals surface area contributed by atoms with E-state index in [0.29, 0.717) is 41.3 Å². The van der Waals surface area contributed by atoms with E-state index in [4.69, 9.17) is 19.7 Å². The smallest absolute Gasteiger partial charge is 0.328 e. The first kappa shape index (κ1) is 31.6. The summed E-state index contributed by atoms with van der Waals surface area (Å²) in [6.07, 6.45) is 7.04. The Morgan fingerprint density at radius 1 is 1.03 bits per heavy atom. The van der Waals surface area contributed by atoms with Crippen molar-refractivity contribution in [2.75, 3.05) is 20.7 Å². The normalized spacial score (nSPS) is 11.4. The van der Waals surface area contributed by atoms with Gasteiger partial charge in [-0.2, -0.15) is 0 Å². The zero-order valence-corrected chi connectivity index (χ0v) is 22.9. The lowest BCUT2D eigenvalue weighted by Crippen LogP contribution is -2.37. The van der Waals surface area contributed by atoms with Crippen LogP contribution >= 0.6 is 15.9 Å². The van der Waals surface area contributed by atoms with Crippen molar-refractivity contribution >= 4 is 33.7 Å². The van der Waals surface area contributed by atoms with Crippen molar-refractivity contribution in [1.29, 1.82) is 0 Å². The third-order valence-electron chi connectivity index (χ3n) is 5.14. The number of nitrogens with zero attached hydrogens (tertiary/aromatic N) is 1. The Hall–Kier alpha value is -3.43. The largest absolute Gasteiger partial charge is 0.496 e. The van der Waals surface area contributed by atoms with Gasteiger partial charge >= 0.3 is 11.9 Å². The highest BCUT2D eigenvalue weighted by molar-refractivity contribution is 9.10. The number of methoxy groups -OCH3 is 1. The quantitative estimate of drug-likeness (QED) is 0.0954. The van der Waals surface area contributed by atoms with E-state index in [9.17, 15) is 14.4 Å². The summed E-state index contributed by atoms with van der Waals surface area (Å²) in [6.45, 7) is 6.72. The molecule has 200 valence electrons. The first-order valence-electron chi connectivity index (χ1n) is 11.7. The van der Waals surface area contributed by atoms with Crippen molar-refractivity contribution < 1.29 is 34.1 Å². The summed E-state index contributed by atoms with van der Waals surface area (Å²) in [5.74, 6) is -1.59. The highest BCUT2D eigenvalue weighted by Gasteiger charge is 2.23. The first-order chi connectivity index (χ1) is 17.6. The highest BCUT2D eigenvalue weighted by atomic mass is 79.9. The van der Waals surface area contributed by atoms with Crippen LogP contribution < -0.4 is 9.47 Å². The highest BCUT2D eigenvalue weighted by Crippen LogP contribution is 2.32. The van der Waals surface area contributed by atoms with Crippen LogP contribution in [-0.4, -0.2) is 59.8 Å². The predicted octanol–water partition coefficient (Wildman–Crippen LogP) is 5.80. The molecule has 0 aliphatic carbocycles. The molecule has 0 saturated heterocycles. The number of likely N-dealkylation sites (N-methyl/N-ethyl adjacent to an activating group) is 1. The van der Waals surface area contributed by atoms with E-state index < -0.39 is 11.9 Å². The summed E-state index contributed by atoms with van der Waals surface area (Å²) in [4.78, 5) is 34.5. The topological polar surface area (TPSA) is 113 Å². The molecule has 1 atom stereocenters. The molecule has 0 heterocycles. The second-order valence-corrected chi connectivity index (χ2v) is 8.89. The molecule has 0 aliphatic heterocycles. The average molecular weight is 576 g/mol. The van der Waals surface area contributed by atoms with Crippen LogP contribution in [-0.2, 0) is 9.59 Å². The van der Waals surface area contributed by atoms with Crippen LogP contribution in [0.1, 0.15) is 48.5 Å². The van der Waals surface area contributed by atoms with E-state index in [1.54, 1.807) is 25.3 Å². The third-order valence-corrected chi connectivity index (χ3v) is 5.66. The summed E-state index contributed by atoms with van der Waals surface area (Å²) >= 11 is 3.41. The lowest BCUT2D eigenvalue weighted by atomic mass is 10.0. The molecule has 0 bridgehead atoms. The minimum absolute atomic E-state index is 0.122. The fraction of sp³-hybridized carbons (Fsp3) is 0.321. The summed E-state index contributed by atoms with van der Waals surface area (Å²) in [7, 11) is 3.58. The van der Waals surface area contributed by atoms with Gasteiger partial charge in [0.05, 0.1) is 7.11 Å². The second kappa shape index (κ2) is 17.1. The lowest BCUT2D eigenvalue weighted by molar-refractivity contribution is -0.134. The number of unbranched alkanes of at least 4 members (excludes halogenated alkanes) is 2. The van der Waals surface area contributed by atoms with Gasteiger partial charge in [-0.25, -0.2) is 9.59 Å². The summed E-state index contributed by atoms with van der Waals surface area (Å²) < 4.78 is 12.8. The van der Waals surface area contributed by atoms with Gasteiger partial charge in [-0.05, 0) is 56.3 Å². The first-order valence-corrected chi connectivity index (χ1v) is 12.5. The summed E-state index contributed by atoms with van der Waals surface area (Å²) in [6, 6.07) is 12.8. The monoisotopic (exact) mass is 575 g/mol. The van der Waals surface area contributed by atoms with E-state index in [1.165, 1.54) is 0 Å². The maximum atomic E-state index is 13.3. The third kappa shape index (κ3) is 11.4. The van der Waals surface area contributed by atoms with E-state index in [-0.39, 0.29) is 12.0 Å². The molecule has 0 aromatic heterocycles. The molecule has 2 N–H and O–H groups in total. The Labute approximate surface area is 226 Å². The SMILES string of the molecule is C=CCN(C)C(CCCCC)Oc1cccc(OC)c1C(=O)c1ccc(Br)cc1.O=C(O)/C=C/C(=O)O. The molecule has 0 amide bonds. The minimum Gasteiger partial charge on any atom is -0.496 e. The number of rotatable bonds is 14. The van der Waals surface area contributed by atoms with Crippen molar-refractivity contribution in [2.45, 2.75) is 38.8 Å². The molecule has 2 rings (SSSR count). The molecule has 0 spiro atoms. The van der Waals surface area contributed by atoms with Crippen LogP contribution in [0.3, 0.4) is 0 Å². The average Bonchev–Trinajstić information content (AvgIpc) is 2.87. The number of ether oxygens (including phenoxy) is 2. The van der Waals surface area contributed by atoms with Gasteiger partial charge in [-0.3, -0.25) is 9.69 Å². The van der Waals surface area contributed by atoms with Crippen LogP contribution in [0, 0.1) is 0 Å². The summed E-state index contributed by atoms with van der Waals surface area (Å²) in [5.41, 5.74) is 1.04. The fourth-order valence-electron chi connectivity index (χ4n) is 3.30. The van der Waals surface area contributed by atoms with E-state index in [0.717, 1.165) is 30.2 Å². The predicted molar refractivity (Wildman–Crippen MR) is 146 cm³/mol. The number of ketones is 1. The van der Waals surface area contributed by atoms with Crippen LogP contribution in [0.4, 0.5) is 0 Å². The lowest BCUT2D eigenvalue weighted by Gasteiger charge is -2.29. The van der Waals surface area contributed by atoms with Crippen molar-refractivity contribution in [2.24, 2.45) is 0 Å². The standard InChI is InChI=1S/C24H30BrNO3.C4H4O4/c1-5-7-8-12-22(26(3)17-6-2)29-21-11-9-10-20(28-4)23(21)24(27)18-13-15-19(25)16-14-18;5-3(6)1-2-4(7)8/h6,9-11,13-16,22H,2,5,7-8,12,17H2,1,3-4H3;1-2H,(H,5,6)(H,7,8)/b;2-1+. The molecule has 0 fully saturated rings. The van der Waals surface area contributed by atoms with Crippen molar-refractivity contribution in [1.82, 2.24) is 4.90 Å². The molecule has 9 heteroatoms. The minimum atomic E-state index is -1.26. The van der Waals surface area contributed by atoms with Gasteiger partial charge in [0.15, 0.2) is 6.23 Å². The van der Waals surface area contributed by atoms with Gasteiger partial charge in [0.25, 0.3) is 0 Å². The zero-order chi connectivity index (χ0) is 27.8. The van der Waals surface area contributed by atoms with Crippen LogP contribution in [0.5, 0.6) is 11.5 Å². The Balaban J connectivity index is 0.000000738. The number of benzene rings is 2. The number of hydrogen-bond donors (Lipinski definition) is 2. The Morgan fingerprint density at radius 3 is 2.14 bits per heavy atom. The molecule has 1 unspecified atom stereocenters. The second-order valence-electron chi connectivity index (χ2n) is 7.98. The van der Waals surface area contributed by atoms with Gasteiger partial charge in [0.1, 0.15) is 17.1 Å². The van der Waals surface area contributed by atoms with Gasteiger partial charge in [-0.15, -0.1) is 6.58 Å². The Morgan fingerprint density at radius 2 is 1.62 bits per heavy atom. The van der Waals surface area contributed by atoms with Crippen LogP contribution in [0.15, 0.2) is 71.7 Å². The maximum absolute atomic E-state index is 13.3. The maximum Gasteiger partial charge on any atom is 0.328 e. The zero-order valence-electron chi connectivity index (χ0n) is 21.4. The molecular formula is C28H34BrNO7. The summed E-state index contributed by atoms with van der Waals surface area (Å²) in [5, 5.41) is 15.6. The molecular weight excluding hydrogens is 542 g/mol. The van der Waals surface area contributed by atoms with Crippen LogP contribution in [0.2, 0.25) is 0 Å². The molecule has 0 radical (unpaired) electrons. The number of carboxylic acids is 2. The Kier molecular flexibility index (Phi) is 14.6. The number of carbonyl (C=O) groups is 3. The fourth-order valence-corrected chi connectivity index (χ4v) is 3.56. The number of halogens is 1. The molecule has 2 aromatic carbocycles. The number of aliphatic carboxylic acids is 2. The van der Waals surface area contributed by atoms with E-state index >= 15 is 0 Å². The molecule has 37 heavy (non-hydrogen) atoms. The molecule has 0 saturated carbocycles. The molecule has 2 aromatic rings. The number of carboxylic acid groups (broad SMARTS) is 2. The van der Waals surface area contributed by atoms with Gasteiger partial charge < -0.3 is 19.7 Å². The van der Waals surface area contributed by atoms with Crippen molar-refractivity contribution in [3.63, 3.8) is 0 Å². The molecule has 8 nitrogen and oxygen atoms in total. The Bertz CT molecular complexity index is 1050.